The molecule has 0 bridgehead atoms. The molecule has 112 valence electrons. The molecule has 0 saturated heterocycles. The van der Waals surface area contributed by atoms with Gasteiger partial charge in [0.25, 0.3) is 0 Å². The quantitative estimate of drug-likeness (QED) is 0.802. The summed E-state index contributed by atoms with van der Waals surface area (Å²) < 4.78 is 6.73. The van der Waals surface area contributed by atoms with Crippen LogP contribution in [0, 0.1) is 6.92 Å². The standard InChI is InChI=1S/C15H17NO5/c1-6-9-11(12(18)7(2)15(21-3)14(9)20)16-5-4-8(17)13(19)10(6)16/h8,13,17,19H,4-5H2,1-3H3/t8-,13-/m0/s1. The molecule has 0 aromatic carbocycles. The van der Waals surface area contributed by atoms with Gasteiger partial charge in [0.05, 0.1) is 24.5 Å². The number of hydrogen-bond acceptors (Lipinski definition) is 5. The summed E-state index contributed by atoms with van der Waals surface area (Å²) in [6, 6.07) is 0. The zero-order valence-electron chi connectivity index (χ0n) is 12.1. The zero-order valence-corrected chi connectivity index (χ0v) is 12.1. The van der Waals surface area contributed by atoms with E-state index in [1.807, 2.05) is 0 Å². The summed E-state index contributed by atoms with van der Waals surface area (Å²) in [5.41, 5.74) is 1.85. The number of aromatic nitrogens is 1. The van der Waals surface area contributed by atoms with E-state index in [4.69, 9.17) is 4.74 Å². The Bertz CT molecular complexity index is 697. The van der Waals surface area contributed by atoms with Crippen LogP contribution < -0.4 is 0 Å². The molecule has 6 nitrogen and oxygen atoms in total. The van der Waals surface area contributed by atoms with Gasteiger partial charge in [-0.2, -0.15) is 0 Å². The fourth-order valence-electron chi connectivity index (χ4n) is 3.30. The number of carbonyl (C=O) groups excluding carboxylic acids is 2. The van der Waals surface area contributed by atoms with Gasteiger partial charge in [-0.3, -0.25) is 9.59 Å². The van der Waals surface area contributed by atoms with Crippen LogP contribution in [-0.2, 0) is 11.3 Å². The fraction of sp³-hybridized carbons (Fsp3) is 0.467. The second-order valence-corrected chi connectivity index (χ2v) is 5.50. The fourth-order valence-corrected chi connectivity index (χ4v) is 3.30. The Hall–Kier alpha value is -1.92. The maximum absolute atomic E-state index is 12.5. The molecule has 1 aliphatic carbocycles. The Morgan fingerprint density at radius 1 is 1.19 bits per heavy atom. The predicted octanol–water partition coefficient (Wildman–Crippen LogP) is 0.894. The first-order chi connectivity index (χ1) is 9.90. The van der Waals surface area contributed by atoms with Gasteiger partial charge in [-0.15, -0.1) is 0 Å². The lowest BCUT2D eigenvalue weighted by molar-refractivity contribution is -0.00675. The van der Waals surface area contributed by atoms with Crippen LogP contribution in [0.2, 0.25) is 0 Å². The second kappa shape index (κ2) is 4.54. The summed E-state index contributed by atoms with van der Waals surface area (Å²) in [5.74, 6) is -0.557. The normalized spacial score (nSPS) is 25.0. The molecule has 0 radical (unpaired) electrons. The van der Waals surface area contributed by atoms with E-state index < -0.39 is 12.2 Å². The molecule has 21 heavy (non-hydrogen) atoms. The van der Waals surface area contributed by atoms with Crippen molar-refractivity contribution in [3.63, 3.8) is 0 Å². The van der Waals surface area contributed by atoms with Crippen LogP contribution >= 0.6 is 0 Å². The summed E-state index contributed by atoms with van der Waals surface area (Å²) in [6.07, 6.45) is -1.62. The van der Waals surface area contributed by atoms with Gasteiger partial charge in [0, 0.05) is 12.1 Å². The number of ketones is 2. The number of hydrogen-bond donors (Lipinski definition) is 2. The first-order valence-corrected chi connectivity index (χ1v) is 6.83. The largest absolute Gasteiger partial charge is 0.492 e. The van der Waals surface area contributed by atoms with Gasteiger partial charge >= 0.3 is 0 Å². The third-order valence-corrected chi connectivity index (χ3v) is 4.38. The van der Waals surface area contributed by atoms with E-state index in [0.29, 0.717) is 29.9 Å². The number of fused-ring (bicyclic) bond motifs is 3. The second-order valence-electron chi connectivity index (χ2n) is 5.50. The molecule has 2 aliphatic rings. The highest BCUT2D eigenvalue weighted by molar-refractivity contribution is 6.26. The van der Waals surface area contributed by atoms with E-state index in [9.17, 15) is 19.8 Å². The Balaban J connectivity index is 2.30. The Labute approximate surface area is 121 Å². The van der Waals surface area contributed by atoms with Gasteiger partial charge in [-0.25, -0.2) is 0 Å². The number of rotatable bonds is 1. The average Bonchev–Trinajstić information content (AvgIpc) is 2.75. The summed E-state index contributed by atoms with van der Waals surface area (Å²) >= 11 is 0. The Morgan fingerprint density at radius 2 is 1.86 bits per heavy atom. The van der Waals surface area contributed by atoms with Crippen molar-refractivity contribution in [3.05, 3.63) is 33.8 Å². The number of aliphatic hydroxyl groups excluding tert-OH is 2. The lowest BCUT2D eigenvalue weighted by atomic mass is 9.91. The van der Waals surface area contributed by atoms with Crippen molar-refractivity contribution in [2.75, 3.05) is 7.11 Å². The van der Waals surface area contributed by atoms with Gasteiger partial charge < -0.3 is 19.5 Å². The summed E-state index contributed by atoms with van der Waals surface area (Å²) in [6.45, 7) is 3.65. The molecule has 2 atom stereocenters. The number of methoxy groups -OCH3 is 1. The first kappa shape index (κ1) is 14.0. The van der Waals surface area contributed by atoms with E-state index in [2.05, 4.69) is 0 Å². The van der Waals surface area contributed by atoms with E-state index in [-0.39, 0.29) is 28.5 Å². The van der Waals surface area contributed by atoms with Crippen LogP contribution in [0.4, 0.5) is 0 Å². The summed E-state index contributed by atoms with van der Waals surface area (Å²) in [4.78, 5) is 25.1. The van der Waals surface area contributed by atoms with Crippen LogP contribution in [-0.4, -0.2) is 39.6 Å². The minimum atomic E-state index is -1.09. The lowest BCUT2D eigenvalue weighted by Gasteiger charge is -2.27. The van der Waals surface area contributed by atoms with Gasteiger partial charge in [-0.1, -0.05) is 0 Å². The molecule has 0 saturated carbocycles. The molecule has 2 N–H and O–H groups in total. The molecule has 0 fully saturated rings. The van der Waals surface area contributed by atoms with Crippen molar-refractivity contribution >= 4 is 11.6 Å². The molecular formula is C15H17NO5. The predicted molar refractivity (Wildman–Crippen MR) is 73.1 cm³/mol. The SMILES string of the molecule is COC1=C(C)C(=O)c2c(c(C)c3n2CC[C@H](O)[C@@H]3O)C1=O. The number of carbonyl (C=O) groups is 2. The van der Waals surface area contributed by atoms with Gasteiger partial charge in [0.15, 0.2) is 5.76 Å². The third-order valence-electron chi connectivity index (χ3n) is 4.38. The summed E-state index contributed by atoms with van der Waals surface area (Å²) in [7, 11) is 1.36. The van der Waals surface area contributed by atoms with Crippen LogP contribution in [0.15, 0.2) is 11.3 Å². The van der Waals surface area contributed by atoms with Crippen molar-refractivity contribution in [3.8, 4) is 0 Å². The van der Waals surface area contributed by atoms with Crippen molar-refractivity contribution in [2.45, 2.75) is 39.0 Å². The average molecular weight is 291 g/mol. The van der Waals surface area contributed by atoms with Crippen LogP contribution in [0.3, 0.4) is 0 Å². The highest BCUT2D eigenvalue weighted by Crippen LogP contribution is 2.38. The van der Waals surface area contributed by atoms with E-state index in [1.165, 1.54) is 7.11 Å². The number of allylic oxidation sites excluding steroid dienone is 2. The van der Waals surface area contributed by atoms with E-state index >= 15 is 0 Å². The zero-order chi connectivity index (χ0) is 15.5. The van der Waals surface area contributed by atoms with Crippen molar-refractivity contribution < 1.29 is 24.5 Å². The van der Waals surface area contributed by atoms with Crippen LogP contribution in [0.1, 0.15) is 51.6 Å². The highest BCUT2D eigenvalue weighted by Gasteiger charge is 2.41. The molecular weight excluding hydrogens is 274 g/mol. The number of ether oxygens (including phenoxy) is 1. The smallest absolute Gasteiger partial charge is 0.230 e. The monoisotopic (exact) mass is 291 g/mol. The van der Waals surface area contributed by atoms with Gasteiger partial charge in [0.1, 0.15) is 11.8 Å². The third kappa shape index (κ3) is 1.66. The molecule has 3 rings (SSSR count). The lowest BCUT2D eigenvalue weighted by Crippen LogP contribution is -2.31. The number of nitrogens with zero attached hydrogens (tertiary/aromatic N) is 1. The first-order valence-electron chi connectivity index (χ1n) is 6.83. The summed E-state index contributed by atoms with van der Waals surface area (Å²) in [5, 5.41) is 20.0. The molecule has 1 aromatic rings. The van der Waals surface area contributed by atoms with Crippen LogP contribution in [0.5, 0.6) is 0 Å². The molecule has 1 aromatic heterocycles. The number of aliphatic hydroxyl groups is 2. The van der Waals surface area contributed by atoms with Crippen molar-refractivity contribution in [1.29, 1.82) is 0 Å². The van der Waals surface area contributed by atoms with Crippen molar-refractivity contribution in [2.24, 2.45) is 0 Å². The van der Waals surface area contributed by atoms with E-state index in [0.717, 1.165) is 0 Å². The Kier molecular flexibility index (Phi) is 3.04. The minimum Gasteiger partial charge on any atom is -0.492 e. The molecule has 0 unspecified atom stereocenters. The molecule has 6 heteroatoms. The van der Waals surface area contributed by atoms with Crippen molar-refractivity contribution in [1.82, 2.24) is 4.57 Å². The topological polar surface area (TPSA) is 88.8 Å². The number of Topliss-reactive ketones (excluding diaryl/α,β-unsaturated/α-hetero) is 2. The van der Waals surface area contributed by atoms with Crippen LogP contribution in [0.25, 0.3) is 0 Å². The molecule has 1 aliphatic heterocycles. The highest BCUT2D eigenvalue weighted by atomic mass is 16.5. The van der Waals surface area contributed by atoms with E-state index in [1.54, 1.807) is 18.4 Å². The van der Waals surface area contributed by atoms with Gasteiger partial charge in [-0.05, 0) is 25.8 Å². The molecule has 0 amide bonds. The Morgan fingerprint density at radius 3 is 2.48 bits per heavy atom. The molecule has 0 spiro atoms. The maximum atomic E-state index is 12.5. The maximum Gasteiger partial charge on any atom is 0.230 e. The minimum absolute atomic E-state index is 0.0496. The van der Waals surface area contributed by atoms with Gasteiger partial charge in [0.2, 0.25) is 11.6 Å². The molecule has 2 heterocycles.